The zero-order chi connectivity index (χ0) is 43.3. The van der Waals surface area contributed by atoms with Crippen LogP contribution in [0.4, 0.5) is 11.4 Å². The van der Waals surface area contributed by atoms with Crippen LogP contribution < -0.4 is 15.7 Å². The third-order valence-corrected chi connectivity index (χ3v) is 15.3. The Kier molecular flexibility index (Phi) is 6.72. The maximum atomic E-state index is 6.87. The third kappa shape index (κ3) is 4.54. The van der Waals surface area contributed by atoms with E-state index in [9.17, 15) is 0 Å². The normalized spacial score (nSPS) is 14.9. The lowest BCUT2D eigenvalue weighted by Crippen LogP contribution is -2.60. The molecule has 0 saturated heterocycles. The molecule has 0 N–H and O–H groups in total. The van der Waals surface area contributed by atoms with Crippen molar-refractivity contribution in [3.05, 3.63) is 162 Å². The molecule has 308 valence electrons. The molecule has 0 spiro atoms. The summed E-state index contributed by atoms with van der Waals surface area (Å²) < 4.78 is 16.2. The maximum absolute atomic E-state index is 6.87. The Labute approximate surface area is 372 Å². The molecule has 64 heavy (non-hydrogen) atoms. The molecule has 2 aliphatic heterocycles. The molecule has 0 unspecified atom stereocenters. The van der Waals surface area contributed by atoms with Crippen molar-refractivity contribution in [3.63, 3.8) is 0 Å². The van der Waals surface area contributed by atoms with Crippen molar-refractivity contribution in [1.29, 1.82) is 0 Å². The molecule has 0 fully saturated rings. The van der Waals surface area contributed by atoms with E-state index in [0.717, 1.165) is 54.8 Å². The number of nitrogens with zero attached hydrogens (tertiary/aromatic N) is 2. The van der Waals surface area contributed by atoms with Crippen LogP contribution in [0.1, 0.15) is 77.6 Å². The Morgan fingerprint density at radius 1 is 0.500 bits per heavy atom. The molecule has 4 nitrogen and oxygen atoms in total. The highest BCUT2D eigenvalue weighted by Crippen LogP contribution is 2.55. The van der Waals surface area contributed by atoms with Gasteiger partial charge in [0.05, 0.1) is 16.4 Å². The van der Waals surface area contributed by atoms with Gasteiger partial charge in [-0.3, -0.25) is 0 Å². The predicted molar refractivity (Wildman–Crippen MR) is 269 cm³/mol. The Hall–Kier alpha value is -6.98. The van der Waals surface area contributed by atoms with Gasteiger partial charge in [-0.05, 0) is 121 Å². The van der Waals surface area contributed by atoms with Crippen molar-refractivity contribution in [1.82, 2.24) is 4.57 Å². The van der Waals surface area contributed by atoms with Crippen molar-refractivity contribution in [3.8, 4) is 27.9 Å². The summed E-state index contributed by atoms with van der Waals surface area (Å²) in [5.74, 6) is 0. The fraction of sp³-hybridized carbons (Fsp3) is 0.186. The van der Waals surface area contributed by atoms with Gasteiger partial charge in [-0.15, -0.1) is 0 Å². The number of hydrogen-bond acceptors (Lipinski definition) is 3. The minimum atomic E-state index is -0.192. The van der Waals surface area contributed by atoms with Crippen LogP contribution in [0.3, 0.4) is 0 Å². The van der Waals surface area contributed by atoms with Gasteiger partial charge in [0.15, 0.2) is 0 Å². The number of benzene rings is 8. The molecule has 14 rings (SSSR count). The lowest BCUT2D eigenvalue weighted by molar-refractivity contribution is 0.584. The van der Waals surface area contributed by atoms with E-state index in [4.69, 9.17) is 8.83 Å². The van der Waals surface area contributed by atoms with E-state index in [2.05, 4.69) is 204 Å². The fourth-order valence-electron chi connectivity index (χ4n) is 12.0. The molecule has 1 aliphatic carbocycles. The molecule has 0 amide bonds. The molecule has 0 saturated carbocycles. The van der Waals surface area contributed by atoms with E-state index in [1.165, 1.54) is 83.4 Å². The quantitative estimate of drug-likeness (QED) is 0.155. The van der Waals surface area contributed by atoms with Crippen molar-refractivity contribution < 1.29 is 8.83 Å². The molecule has 3 aromatic heterocycles. The number of hydrogen-bond donors (Lipinski definition) is 0. The number of anilines is 2. The minimum Gasteiger partial charge on any atom is -0.456 e. The Balaban J connectivity index is 1.14. The van der Waals surface area contributed by atoms with Crippen LogP contribution in [-0.2, 0) is 16.2 Å². The highest BCUT2D eigenvalue weighted by atomic mass is 16.3. The molecular formula is C59H47BN2O2. The van der Waals surface area contributed by atoms with Crippen LogP contribution >= 0.6 is 0 Å². The van der Waals surface area contributed by atoms with E-state index in [1.54, 1.807) is 0 Å². The van der Waals surface area contributed by atoms with Crippen molar-refractivity contribution in [2.24, 2.45) is 0 Å². The SMILES string of the molecule is CC(C)(C)c1ccc(N2B3c4cc5oc6ccccc6c5cc4-n4c5ccc6c7ccccc7oc6c5c5ccc(c3c54)-c3cc4c(cc32)C(C)(C)c2cc(C(C)(C)C)ccc2-4)cc1. The van der Waals surface area contributed by atoms with Gasteiger partial charge >= 0.3 is 6.85 Å². The lowest BCUT2D eigenvalue weighted by atomic mass is 9.44. The topological polar surface area (TPSA) is 34.5 Å². The van der Waals surface area contributed by atoms with Crippen LogP contribution in [0.5, 0.6) is 0 Å². The molecule has 5 heterocycles. The second-order valence-corrected chi connectivity index (χ2v) is 21.3. The number of furan rings is 2. The smallest absolute Gasteiger partial charge is 0.333 e. The van der Waals surface area contributed by atoms with Crippen molar-refractivity contribution >= 4 is 94.8 Å². The maximum Gasteiger partial charge on any atom is 0.333 e. The zero-order valence-corrected chi connectivity index (χ0v) is 37.6. The molecule has 11 aromatic rings. The van der Waals surface area contributed by atoms with Gasteiger partial charge in [-0.25, -0.2) is 0 Å². The predicted octanol–water partition coefficient (Wildman–Crippen LogP) is 14.7. The van der Waals surface area contributed by atoms with Gasteiger partial charge in [-0.1, -0.05) is 134 Å². The molecule has 8 aromatic carbocycles. The molecule has 5 heteroatoms. The Morgan fingerprint density at radius 3 is 1.91 bits per heavy atom. The van der Waals surface area contributed by atoms with Crippen molar-refractivity contribution in [2.45, 2.75) is 71.6 Å². The monoisotopic (exact) mass is 826 g/mol. The van der Waals surface area contributed by atoms with Crippen LogP contribution in [0.15, 0.2) is 148 Å². The zero-order valence-electron chi connectivity index (χ0n) is 37.6. The minimum absolute atomic E-state index is 0.0207. The molecule has 0 radical (unpaired) electrons. The van der Waals surface area contributed by atoms with Crippen LogP contribution in [0.2, 0.25) is 0 Å². The first-order chi connectivity index (χ1) is 30.8. The van der Waals surface area contributed by atoms with Crippen molar-refractivity contribution in [2.75, 3.05) is 4.81 Å². The summed E-state index contributed by atoms with van der Waals surface area (Å²) in [6.07, 6.45) is 0. The number of fused-ring (bicyclic) bond motifs is 18. The fourth-order valence-corrected chi connectivity index (χ4v) is 12.0. The van der Waals surface area contributed by atoms with Gasteiger partial charge in [-0.2, -0.15) is 0 Å². The summed E-state index contributed by atoms with van der Waals surface area (Å²) in [6.45, 7) is 18.5. The molecule has 3 aliphatic rings. The average Bonchev–Trinajstić information content (AvgIpc) is 4.00. The largest absolute Gasteiger partial charge is 0.456 e. The van der Waals surface area contributed by atoms with Gasteiger partial charge < -0.3 is 18.2 Å². The van der Waals surface area contributed by atoms with Crippen LogP contribution in [0.25, 0.3) is 93.6 Å². The van der Waals surface area contributed by atoms with Crippen LogP contribution in [-0.4, -0.2) is 11.4 Å². The summed E-state index contributed by atoms with van der Waals surface area (Å²) in [5, 5.41) is 6.90. The molecular weight excluding hydrogens is 779 g/mol. The van der Waals surface area contributed by atoms with Crippen LogP contribution in [0, 0.1) is 0 Å². The summed E-state index contributed by atoms with van der Waals surface area (Å²) in [7, 11) is 0. The third-order valence-electron chi connectivity index (χ3n) is 15.3. The summed E-state index contributed by atoms with van der Waals surface area (Å²) in [4.78, 5) is 2.66. The summed E-state index contributed by atoms with van der Waals surface area (Å²) in [6, 6.07) is 52.8. The average molecular weight is 827 g/mol. The molecule has 0 bridgehead atoms. The Bertz CT molecular complexity index is 3900. The summed E-state index contributed by atoms with van der Waals surface area (Å²) in [5.41, 5.74) is 22.7. The lowest BCUT2D eigenvalue weighted by Gasteiger charge is -2.42. The number of rotatable bonds is 1. The van der Waals surface area contributed by atoms with Gasteiger partial charge in [0.25, 0.3) is 0 Å². The first-order valence-electron chi connectivity index (χ1n) is 22.9. The van der Waals surface area contributed by atoms with E-state index in [0.29, 0.717) is 0 Å². The number of aromatic nitrogens is 1. The van der Waals surface area contributed by atoms with E-state index < -0.39 is 0 Å². The van der Waals surface area contributed by atoms with E-state index in [-0.39, 0.29) is 23.1 Å². The second-order valence-electron chi connectivity index (χ2n) is 21.3. The highest BCUT2D eigenvalue weighted by molar-refractivity contribution is 6.94. The second kappa shape index (κ2) is 11.8. The highest BCUT2D eigenvalue weighted by Gasteiger charge is 2.47. The van der Waals surface area contributed by atoms with E-state index in [1.807, 2.05) is 0 Å². The standard InChI is InChI=1S/C59H47BN2O2/c1-57(2,3)32-17-20-34(21-18-32)62-48-30-45-41(35-22-19-33(58(4,5)6)27-44(35)59(45,7)8)28-42(48)38-23-24-40-53-47(26-25-39-36-13-9-12-16-51(36)64-56(39)53)61-49-29-43-37-14-10-11-15-50(37)63-52(43)31-46(49)60(62)54(38)55(40)61/h9-31H,1-8H3. The first kappa shape index (κ1) is 36.5. The summed E-state index contributed by atoms with van der Waals surface area (Å²) >= 11 is 0. The van der Waals surface area contributed by atoms with Gasteiger partial charge in [0.2, 0.25) is 0 Å². The first-order valence-corrected chi connectivity index (χ1v) is 22.9. The Morgan fingerprint density at radius 2 is 1.16 bits per heavy atom. The number of para-hydroxylation sites is 2. The molecule has 0 atom stereocenters. The van der Waals surface area contributed by atoms with Gasteiger partial charge in [0, 0.05) is 55.0 Å². The van der Waals surface area contributed by atoms with E-state index >= 15 is 0 Å². The van der Waals surface area contributed by atoms with Gasteiger partial charge in [0.1, 0.15) is 22.3 Å².